The molecule has 0 saturated carbocycles. The molecule has 0 aliphatic heterocycles. The third-order valence-electron chi connectivity index (χ3n) is 3.77. The van der Waals surface area contributed by atoms with Gasteiger partial charge in [-0.05, 0) is 45.6 Å². The van der Waals surface area contributed by atoms with Crippen molar-refractivity contribution in [1.82, 2.24) is 10.6 Å². The molecule has 126 valence electrons. The van der Waals surface area contributed by atoms with Crippen LogP contribution >= 0.6 is 11.3 Å². The Morgan fingerprint density at radius 2 is 1.64 bits per heavy atom. The maximum Gasteiger partial charge on any atom is 0.251 e. The average Bonchev–Trinajstić information content (AvgIpc) is 3.20. The maximum atomic E-state index is 12.0. The van der Waals surface area contributed by atoms with Gasteiger partial charge < -0.3 is 10.6 Å². The third-order valence-corrected chi connectivity index (χ3v) is 4.45. The van der Waals surface area contributed by atoms with Gasteiger partial charge in [-0.2, -0.15) is 11.3 Å². The zero-order valence-corrected chi connectivity index (χ0v) is 14.4. The summed E-state index contributed by atoms with van der Waals surface area (Å²) < 4.78 is 0. The van der Waals surface area contributed by atoms with Crippen molar-refractivity contribution in [3.05, 3.63) is 82.6 Å². The van der Waals surface area contributed by atoms with Gasteiger partial charge in [-0.25, -0.2) is 0 Å². The van der Waals surface area contributed by atoms with Crippen molar-refractivity contribution in [2.45, 2.75) is 6.54 Å². The lowest BCUT2D eigenvalue weighted by Gasteiger charge is -2.10. The van der Waals surface area contributed by atoms with E-state index in [2.05, 4.69) is 22.1 Å². The molecule has 1 aromatic heterocycles. The molecule has 3 rings (SSSR count). The van der Waals surface area contributed by atoms with Crippen LogP contribution in [0.5, 0.6) is 0 Å². The SMILES string of the molecule is O=C(CNC(=O)c1ccccc1)NCc1ccccc1-c1ccsc1. The summed E-state index contributed by atoms with van der Waals surface area (Å²) in [4.78, 5) is 24.0. The second-order valence-corrected chi connectivity index (χ2v) is 6.27. The topological polar surface area (TPSA) is 58.2 Å². The van der Waals surface area contributed by atoms with E-state index in [9.17, 15) is 9.59 Å². The highest BCUT2D eigenvalue weighted by atomic mass is 32.1. The number of amides is 2. The Kier molecular flexibility index (Phi) is 5.59. The number of nitrogens with one attached hydrogen (secondary N) is 2. The quantitative estimate of drug-likeness (QED) is 0.715. The van der Waals surface area contributed by atoms with E-state index in [1.54, 1.807) is 35.6 Å². The summed E-state index contributed by atoms with van der Waals surface area (Å²) in [5, 5.41) is 9.60. The van der Waals surface area contributed by atoms with E-state index in [1.165, 1.54) is 0 Å². The monoisotopic (exact) mass is 350 g/mol. The summed E-state index contributed by atoms with van der Waals surface area (Å²) in [5.74, 6) is -0.473. The van der Waals surface area contributed by atoms with Crippen LogP contribution < -0.4 is 10.6 Å². The van der Waals surface area contributed by atoms with E-state index < -0.39 is 0 Å². The van der Waals surface area contributed by atoms with Gasteiger partial charge in [0.2, 0.25) is 5.91 Å². The molecule has 5 heteroatoms. The van der Waals surface area contributed by atoms with Crippen molar-refractivity contribution < 1.29 is 9.59 Å². The van der Waals surface area contributed by atoms with Crippen molar-refractivity contribution in [3.63, 3.8) is 0 Å². The molecule has 0 radical (unpaired) electrons. The van der Waals surface area contributed by atoms with E-state index in [-0.39, 0.29) is 18.4 Å². The number of rotatable bonds is 6. The highest BCUT2D eigenvalue weighted by molar-refractivity contribution is 7.08. The van der Waals surface area contributed by atoms with Gasteiger partial charge in [-0.3, -0.25) is 9.59 Å². The van der Waals surface area contributed by atoms with Crippen LogP contribution in [-0.2, 0) is 11.3 Å². The second-order valence-electron chi connectivity index (χ2n) is 5.49. The molecule has 4 nitrogen and oxygen atoms in total. The minimum Gasteiger partial charge on any atom is -0.350 e. The molecule has 2 amide bonds. The average molecular weight is 350 g/mol. The van der Waals surface area contributed by atoms with Gasteiger partial charge in [0.15, 0.2) is 0 Å². The molecular weight excluding hydrogens is 332 g/mol. The van der Waals surface area contributed by atoms with Gasteiger partial charge in [0, 0.05) is 12.1 Å². The lowest BCUT2D eigenvalue weighted by molar-refractivity contribution is -0.120. The minimum absolute atomic E-state index is 0.0473. The highest BCUT2D eigenvalue weighted by Gasteiger charge is 2.09. The third kappa shape index (κ3) is 4.55. The first-order valence-electron chi connectivity index (χ1n) is 7.94. The standard InChI is InChI=1S/C20H18N2O2S/c23-19(13-22-20(24)15-6-2-1-3-7-15)21-12-16-8-4-5-9-18(16)17-10-11-25-14-17/h1-11,14H,12-13H2,(H,21,23)(H,22,24). The lowest BCUT2D eigenvalue weighted by atomic mass is 10.0. The van der Waals surface area contributed by atoms with Crippen molar-refractivity contribution in [3.8, 4) is 11.1 Å². The van der Waals surface area contributed by atoms with Crippen LogP contribution in [0.1, 0.15) is 15.9 Å². The predicted octanol–water partition coefficient (Wildman–Crippen LogP) is 3.46. The Balaban J connectivity index is 1.54. The Morgan fingerprint density at radius 3 is 2.40 bits per heavy atom. The Bertz CT molecular complexity index is 845. The van der Waals surface area contributed by atoms with Crippen molar-refractivity contribution in [2.24, 2.45) is 0 Å². The van der Waals surface area contributed by atoms with Gasteiger partial charge >= 0.3 is 0 Å². The number of carbonyl (C=O) groups excluding carboxylic acids is 2. The zero-order valence-electron chi connectivity index (χ0n) is 13.6. The number of hydrogen-bond donors (Lipinski definition) is 2. The molecule has 0 fully saturated rings. The van der Waals surface area contributed by atoms with Crippen LogP contribution in [0.4, 0.5) is 0 Å². The molecule has 0 aliphatic rings. The van der Waals surface area contributed by atoms with E-state index in [1.807, 2.05) is 35.7 Å². The molecule has 0 atom stereocenters. The highest BCUT2D eigenvalue weighted by Crippen LogP contribution is 2.25. The maximum absolute atomic E-state index is 12.0. The largest absolute Gasteiger partial charge is 0.350 e. The Labute approximate surface area is 150 Å². The van der Waals surface area contributed by atoms with Gasteiger partial charge in [-0.1, -0.05) is 42.5 Å². The first kappa shape index (κ1) is 16.9. The van der Waals surface area contributed by atoms with Gasteiger partial charge in [0.05, 0.1) is 6.54 Å². The molecule has 0 spiro atoms. The van der Waals surface area contributed by atoms with E-state index >= 15 is 0 Å². The first-order chi connectivity index (χ1) is 12.2. The van der Waals surface area contributed by atoms with E-state index in [4.69, 9.17) is 0 Å². The second kappa shape index (κ2) is 8.26. The molecule has 0 saturated heterocycles. The molecule has 3 aromatic rings. The molecule has 0 unspecified atom stereocenters. The fourth-order valence-electron chi connectivity index (χ4n) is 2.48. The predicted molar refractivity (Wildman–Crippen MR) is 100 cm³/mol. The van der Waals surface area contributed by atoms with Crippen LogP contribution in [0.3, 0.4) is 0 Å². The Morgan fingerprint density at radius 1 is 0.880 bits per heavy atom. The summed E-state index contributed by atoms with van der Waals surface area (Å²) in [6.07, 6.45) is 0. The summed E-state index contributed by atoms with van der Waals surface area (Å²) in [5.41, 5.74) is 3.84. The van der Waals surface area contributed by atoms with Crippen LogP contribution in [0.25, 0.3) is 11.1 Å². The summed E-state index contributed by atoms with van der Waals surface area (Å²) in [6.45, 7) is 0.375. The minimum atomic E-state index is -0.255. The van der Waals surface area contributed by atoms with Crippen LogP contribution in [0.15, 0.2) is 71.4 Å². The zero-order chi connectivity index (χ0) is 17.5. The number of benzene rings is 2. The van der Waals surface area contributed by atoms with Crippen LogP contribution in [0.2, 0.25) is 0 Å². The number of hydrogen-bond acceptors (Lipinski definition) is 3. The molecule has 2 aromatic carbocycles. The normalized spacial score (nSPS) is 10.2. The molecule has 25 heavy (non-hydrogen) atoms. The van der Waals surface area contributed by atoms with Crippen molar-refractivity contribution >= 4 is 23.2 Å². The van der Waals surface area contributed by atoms with Crippen molar-refractivity contribution in [1.29, 1.82) is 0 Å². The van der Waals surface area contributed by atoms with Gasteiger partial charge in [0.1, 0.15) is 0 Å². The smallest absolute Gasteiger partial charge is 0.251 e. The fourth-order valence-corrected chi connectivity index (χ4v) is 3.14. The Hall–Kier alpha value is -2.92. The van der Waals surface area contributed by atoms with Crippen LogP contribution in [0, 0.1) is 0 Å². The number of thiophene rings is 1. The molecular formula is C20H18N2O2S. The first-order valence-corrected chi connectivity index (χ1v) is 8.89. The molecule has 0 bridgehead atoms. The van der Waals surface area contributed by atoms with E-state index in [0.717, 1.165) is 16.7 Å². The summed E-state index contributed by atoms with van der Waals surface area (Å²) in [7, 11) is 0. The van der Waals surface area contributed by atoms with E-state index in [0.29, 0.717) is 12.1 Å². The number of carbonyl (C=O) groups is 2. The van der Waals surface area contributed by atoms with Crippen LogP contribution in [-0.4, -0.2) is 18.4 Å². The fraction of sp³-hybridized carbons (Fsp3) is 0.100. The molecule has 1 heterocycles. The summed E-state index contributed by atoms with van der Waals surface area (Å²) >= 11 is 1.64. The van der Waals surface area contributed by atoms with Gasteiger partial charge in [-0.15, -0.1) is 0 Å². The summed E-state index contributed by atoms with van der Waals surface area (Å²) in [6, 6.07) is 18.9. The molecule has 2 N–H and O–H groups in total. The molecule has 0 aliphatic carbocycles. The lowest BCUT2D eigenvalue weighted by Crippen LogP contribution is -2.36. The van der Waals surface area contributed by atoms with Gasteiger partial charge in [0.25, 0.3) is 5.91 Å². The van der Waals surface area contributed by atoms with Crippen molar-refractivity contribution in [2.75, 3.05) is 6.54 Å².